The fourth-order valence-electron chi connectivity index (χ4n) is 6.54. The van der Waals surface area contributed by atoms with Crippen molar-refractivity contribution in [3.63, 3.8) is 0 Å². The van der Waals surface area contributed by atoms with Gasteiger partial charge >= 0.3 is 23.9 Å². The van der Waals surface area contributed by atoms with Crippen LogP contribution < -0.4 is 0 Å². The van der Waals surface area contributed by atoms with Gasteiger partial charge in [0.1, 0.15) is 36.5 Å². The average Bonchev–Trinajstić information content (AvgIpc) is 3.61. The molecule has 4 fully saturated rings. The summed E-state index contributed by atoms with van der Waals surface area (Å²) < 4.78 is 66.7. The summed E-state index contributed by atoms with van der Waals surface area (Å²) in [6.45, 7) is 6.82. The van der Waals surface area contributed by atoms with Gasteiger partial charge in [-0.05, 0) is 17.9 Å². The molecule has 4 saturated heterocycles. The minimum absolute atomic E-state index is 0.146. The van der Waals surface area contributed by atoms with Crippen molar-refractivity contribution in [1.82, 2.24) is 0 Å². The smallest absolute Gasteiger partial charge is 0.338 e. The standard InChI is InChI=1S/C36H42O15S/c1-6-52-35-31(46-32(40)22-13-9-7-10-14-22)29(27-25(45-35)18-42-33(47-27)23-15-11-8-12-16-23)49-36(5)50-30-28(44-21(4)39)26(48-34(30)51-36)24(43-20(3)38)17-41-19(2)37/h7-16,24-31,33-35H,6,17-18H2,1-5H3/t24-,25-,26+,27-,28+,29+,30-,31+,33?,34-,35-,36?/m1/s1. The molecular formula is C36H42O15S. The van der Waals surface area contributed by atoms with Crippen LogP contribution in [0, 0.1) is 0 Å². The largest absolute Gasteiger partial charge is 0.462 e. The summed E-state index contributed by atoms with van der Waals surface area (Å²) in [5.41, 5.74) is 0.387. The third-order valence-electron chi connectivity index (χ3n) is 8.61. The number of esters is 4. The Balaban J connectivity index is 1.29. The van der Waals surface area contributed by atoms with Gasteiger partial charge in [0.25, 0.3) is 5.97 Å². The molecule has 0 saturated carbocycles. The number of fused-ring (bicyclic) bond motifs is 2. The molecule has 15 nitrogen and oxygen atoms in total. The number of benzene rings is 2. The van der Waals surface area contributed by atoms with Crippen LogP contribution in [0.15, 0.2) is 60.7 Å². The maximum Gasteiger partial charge on any atom is 0.338 e. The SMILES string of the molecule is CCS[C@H]1O[C@@H]2COC(c3ccccc3)O[C@H]2[C@H](OC2(C)O[C@H]3O[C@@H]([C@@H](COC(C)=O)OC(C)=O)[C@H](OC(C)=O)[C@H]3O2)[C@@H]1OC(=O)c1ccccc1. The van der Waals surface area contributed by atoms with E-state index >= 15 is 0 Å². The second-order valence-corrected chi connectivity index (χ2v) is 13.9. The van der Waals surface area contributed by atoms with Gasteiger partial charge in [-0.15, -0.1) is 11.8 Å². The molecule has 2 aromatic carbocycles. The van der Waals surface area contributed by atoms with Crippen LogP contribution in [0.25, 0.3) is 0 Å². The van der Waals surface area contributed by atoms with E-state index in [1.54, 1.807) is 30.3 Å². The molecule has 6 rings (SSSR count). The van der Waals surface area contributed by atoms with Gasteiger partial charge < -0.3 is 47.4 Å². The molecule has 52 heavy (non-hydrogen) atoms. The Hall–Kier alpha value is -3.61. The lowest BCUT2D eigenvalue weighted by molar-refractivity contribution is -0.408. The Morgan fingerprint density at radius 1 is 0.827 bits per heavy atom. The lowest BCUT2D eigenvalue weighted by Crippen LogP contribution is -2.64. The topological polar surface area (TPSA) is 170 Å². The number of hydrogen-bond donors (Lipinski definition) is 0. The maximum atomic E-state index is 13.5. The molecule has 2 aromatic rings. The molecule has 0 aromatic heterocycles. The highest BCUT2D eigenvalue weighted by atomic mass is 32.2. The molecule has 4 heterocycles. The Morgan fingerprint density at radius 3 is 2.19 bits per heavy atom. The monoisotopic (exact) mass is 746 g/mol. The van der Waals surface area contributed by atoms with Gasteiger partial charge in [-0.25, -0.2) is 4.79 Å². The van der Waals surface area contributed by atoms with Gasteiger partial charge in [0.15, 0.2) is 37.0 Å². The predicted octanol–water partition coefficient (Wildman–Crippen LogP) is 3.43. The predicted molar refractivity (Wildman–Crippen MR) is 178 cm³/mol. The Kier molecular flexibility index (Phi) is 12.2. The minimum atomic E-state index is -1.87. The van der Waals surface area contributed by atoms with E-state index in [9.17, 15) is 19.2 Å². The molecule has 0 bridgehead atoms. The molecule has 0 radical (unpaired) electrons. The molecule has 2 unspecified atom stereocenters. The van der Waals surface area contributed by atoms with Crippen molar-refractivity contribution >= 4 is 35.6 Å². The Morgan fingerprint density at radius 2 is 1.54 bits per heavy atom. The van der Waals surface area contributed by atoms with E-state index in [0.717, 1.165) is 5.56 Å². The summed E-state index contributed by atoms with van der Waals surface area (Å²) in [5, 5.41) is 0. The number of thioether (sulfide) groups is 1. The van der Waals surface area contributed by atoms with Gasteiger partial charge in [0, 0.05) is 33.3 Å². The van der Waals surface area contributed by atoms with Crippen LogP contribution >= 0.6 is 11.8 Å². The molecule has 0 amide bonds. The fraction of sp³-hybridized carbons (Fsp3) is 0.556. The van der Waals surface area contributed by atoms with Crippen LogP contribution in [0.2, 0.25) is 0 Å². The van der Waals surface area contributed by atoms with Crippen LogP contribution in [0.5, 0.6) is 0 Å². The number of carbonyl (C=O) groups is 4. The van der Waals surface area contributed by atoms with Crippen molar-refractivity contribution in [1.29, 1.82) is 0 Å². The second kappa shape index (κ2) is 16.6. The number of ether oxygens (including phenoxy) is 11. The summed E-state index contributed by atoms with van der Waals surface area (Å²) in [6.07, 6.45) is -10.1. The van der Waals surface area contributed by atoms with Crippen LogP contribution in [0.1, 0.15) is 56.8 Å². The molecule has 16 heteroatoms. The molecule has 0 N–H and O–H groups in total. The van der Waals surface area contributed by atoms with Crippen LogP contribution in [-0.2, 0) is 66.5 Å². The number of hydrogen-bond acceptors (Lipinski definition) is 16. The van der Waals surface area contributed by atoms with Gasteiger partial charge in [-0.1, -0.05) is 55.5 Å². The van der Waals surface area contributed by atoms with E-state index in [1.165, 1.54) is 39.5 Å². The Labute approximate surface area is 304 Å². The first-order chi connectivity index (χ1) is 24.9. The van der Waals surface area contributed by atoms with Gasteiger partial charge in [0.05, 0.1) is 12.2 Å². The van der Waals surface area contributed by atoms with Crippen LogP contribution in [0.4, 0.5) is 0 Å². The first-order valence-corrected chi connectivity index (χ1v) is 18.0. The van der Waals surface area contributed by atoms with E-state index in [-0.39, 0.29) is 13.2 Å². The molecule has 282 valence electrons. The van der Waals surface area contributed by atoms with Gasteiger partial charge in [0.2, 0.25) is 0 Å². The van der Waals surface area contributed by atoms with Crippen molar-refractivity contribution in [3.8, 4) is 0 Å². The lowest BCUT2D eigenvalue weighted by Gasteiger charge is -2.49. The highest BCUT2D eigenvalue weighted by molar-refractivity contribution is 7.99. The summed E-state index contributed by atoms with van der Waals surface area (Å²) in [4.78, 5) is 49.4. The zero-order valence-corrected chi connectivity index (χ0v) is 30.1. The highest BCUT2D eigenvalue weighted by Crippen LogP contribution is 2.45. The molecule has 4 aliphatic heterocycles. The zero-order chi connectivity index (χ0) is 37.0. The number of carbonyl (C=O) groups excluding carboxylic acids is 4. The van der Waals surface area contributed by atoms with E-state index < -0.39 is 96.7 Å². The zero-order valence-electron chi connectivity index (χ0n) is 29.3. The second-order valence-electron chi connectivity index (χ2n) is 12.5. The lowest BCUT2D eigenvalue weighted by atomic mass is 9.98. The molecule has 4 aliphatic rings. The summed E-state index contributed by atoms with van der Waals surface area (Å²) >= 11 is 1.42. The van der Waals surface area contributed by atoms with Crippen molar-refractivity contribution < 1.29 is 71.3 Å². The Bertz CT molecular complexity index is 1560. The van der Waals surface area contributed by atoms with Crippen LogP contribution in [0.3, 0.4) is 0 Å². The van der Waals surface area contributed by atoms with E-state index in [0.29, 0.717) is 11.3 Å². The first-order valence-electron chi connectivity index (χ1n) is 17.0. The van der Waals surface area contributed by atoms with E-state index in [1.807, 2.05) is 37.3 Å². The highest BCUT2D eigenvalue weighted by Gasteiger charge is 2.63. The third kappa shape index (κ3) is 8.77. The third-order valence-corrected chi connectivity index (χ3v) is 9.65. The summed E-state index contributed by atoms with van der Waals surface area (Å²) in [5.74, 6) is -3.82. The normalized spacial score (nSPS) is 34.3. The van der Waals surface area contributed by atoms with Crippen molar-refractivity contribution in [3.05, 3.63) is 71.8 Å². The van der Waals surface area contributed by atoms with Crippen LogP contribution in [-0.4, -0.2) is 109 Å². The van der Waals surface area contributed by atoms with E-state index in [2.05, 4.69) is 0 Å². The molecular weight excluding hydrogens is 704 g/mol. The van der Waals surface area contributed by atoms with Gasteiger partial charge in [-0.3, -0.25) is 19.1 Å². The molecule has 0 aliphatic carbocycles. The van der Waals surface area contributed by atoms with Crippen molar-refractivity contribution in [2.45, 2.75) is 107 Å². The summed E-state index contributed by atoms with van der Waals surface area (Å²) in [6, 6.07) is 17.9. The summed E-state index contributed by atoms with van der Waals surface area (Å²) in [7, 11) is 0. The minimum Gasteiger partial charge on any atom is -0.462 e. The average molecular weight is 747 g/mol. The van der Waals surface area contributed by atoms with Gasteiger partial charge in [-0.2, -0.15) is 0 Å². The van der Waals surface area contributed by atoms with E-state index in [4.69, 9.17) is 52.1 Å². The molecule has 0 spiro atoms. The molecule has 12 atom stereocenters. The maximum absolute atomic E-state index is 13.5. The number of rotatable bonds is 12. The van der Waals surface area contributed by atoms with Crippen molar-refractivity contribution in [2.75, 3.05) is 19.0 Å². The fourth-order valence-corrected chi connectivity index (χ4v) is 7.49. The van der Waals surface area contributed by atoms with Crippen molar-refractivity contribution in [2.24, 2.45) is 0 Å². The first kappa shape index (κ1) is 38.1. The quantitative estimate of drug-likeness (QED) is 0.228.